The van der Waals surface area contributed by atoms with E-state index in [1.807, 2.05) is 42.6 Å². The lowest BCUT2D eigenvalue weighted by Gasteiger charge is -2.21. The number of rotatable bonds is 8. The van der Waals surface area contributed by atoms with Crippen LogP contribution in [0.3, 0.4) is 0 Å². The van der Waals surface area contributed by atoms with Gasteiger partial charge >= 0.3 is 0 Å². The molecule has 0 spiro atoms. The number of halogens is 1. The highest BCUT2D eigenvalue weighted by Gasteiger charge is 2.33. The number of nitrogens with one attached hydrogen (secondary N) is 1. The zero-order valence-electron chi connectivity index (χ0n) is 20.8. The number of thiophene rings is 1. The Morgan fingerprint density at radius 1 is 1.13 bits per heavy atom. The Bertz CT molecular complexity index is 1480. The molecule has 0 aliphatic carbocycles. The number of hydrogen-bond donors (Lipinski definition) is 1. The molecule has 0 saturated heterocycles. The van der Waals surface area contributed by atoms with Gasteiger partial charge in [0.2, 0.25) is 0 Å². The largest absolute Gasteiger partial charge is 0.345 e. The zero-order chi connectivity index (χ0) is 26.6. The third-order valence-electron chi connectivity index (χ3n) is 6.16. The summed E-state index contributed by atoms with van der Waals surface area (Å²) < 4.78 is 15.3. The van der Waals surface area contributed by atoms with E-state index in [0.29, 0.717) is 23.0 Å². The van der Waals surface area contributed by atoms with Gasteiger partial charge < -0.3 is 9.88 Å². The van der Waals surface area contributed by atoms with Gasteiger partial charge in [-0.2, -0.15) is 5.10 Å². The predicted molar refractivity (Wildman–Crippen MR) is 146 cm³/mol. The van der Waals surface area contributed by atoms with Crippen LogP contribution in [-0.4, -0.2) is 43.1 Å². The molecular weight excluding hydrogens is 523 g/mol. The number of thioether (sulfide) groups is 1. The first-order valence-electron chi connectivity index (χ1n) is 11.9. The van der Waals surface area contributed by atoms with Crippen LogP contribution in [0.25, 0.3) is 0 Å². The molecule has 11 heteroatoms. The lowest BCUT2D eigenvalue weighted by Crippen LogP contribution is -2.28. The van der Waals surface area contributed by atoms with Crippen molar-refractivity contribution in [3.63, 3.8) is 0 Å². The van der Waals surface area contributed by atoms with Gasteiger partial charge in [-0.15, -0.1) is 21.5 Å². The van der Waals surface area contributed by atoms with Crippen molar-refractivity contribution >= 4 is 40.6 Å². The number of benzene rings is 2. The Morgan fingerprint density at radius 3 is 2.68 bits per heavy atom. The van der Waals surface area contributed by atoms with Crippen LogP contribution in [0, 0.1) is 12.7 Å². The van der Waals surface area contributed by atoms with Crippen LogP contribution in [0.1, 0.15) is 44.6 Å². The van der Waals surface area contributed by atoms with Gasteiger partial charge in [-0.25, -0.2) is 9.40 Å². The summed E-state index contributed by atoms with van der Waals surface area (Å²) in [5, 5.41) is 19.9. The fraction of sp³-hybridized carbons (Fsp3) is 0.222. The van der Waals surface area contributed by atoms with E-state index in [2.05, 4.69) is 20.6 Å². The molecule has 194 valence electrons. The first kappa shape index (κ1) is 25.8. The summed E-state index contributed by atoms with van der Waals surface area (Å²) in [5.74, 6) is -0.0350. The van der Waals surface area contributed by atoms with Gasteiger partial charge in [-0.1, -0.05) is 47.7 Å². The zero-order valence-corrected chi connectivity index (χ0v) is 22.4. The highest BCUT2D eigenvalue weighted by molar-refractivity contribution is 7.99. The minimum atomic E-state index is -0.326. The van der Waals surface area contributed by atoms with Crippen LogP contribution in [0.2, 0.25) is 0 Å². The smallest absolute Gasteiger partial charge is 0.253 e. The highest BCUT2D eigenvalue weighted by Crippen LogP contribution is 2.34. The summed E-state index contributed by atoms with van der Waals surface area (Å²) in [6, 6.07) is 17.2. The van der Waals surface area contributed by atoms with Crippen molar-refractivity contribution in [3.8, 4) is 0 Å². The van der Waals surface area contributed by atoms with Gasteiger partial charge in [0.1, 0.15) is 5.82 Å². The van der Waals surface area contributed by atoms with Gasteiger partial charge in [0.15, 0.2) is 11.0 Å². The van der Waals surface area contributed by atoms with Crippen LogP contribution in [-0.2, 0) is 18.4 Å². The Balaban J connectivity index is 1.25. The Labute approximate surface area is 227 Å². The average molecular weight is 549 g/mol. The number of hydrazone groups is 1. The number of hydrogen-bond acceptors (Lipinski definition) is 7. The van der Waals surface area contributed by atoms with Crippen LogP contribution < -0.4 is 5.32 Å². The minimum absolute atomic E-state index is 0.0978. The van der Waals surface area contributed by atoms with E-state index in [0.717, 1.165) is 21.7 Å². The number of carbonyl (C=O) groups excluding carboxylic acids is 2. The Hall–Kier alpha value is -3.83. The molecule has 0 saturated carbocycles. The van der Waals surface area contributed by atoms with E-state index in [1.165, 1.54) is 28.9 Å². The fourth-order valence-electron chi connectivity index (χ4n) is 4.14. The molecule has 2 aromatic carbocycles. The molecular formula is C27H25FN6O2S2. The van der Waals surface area contributed by atoms with E-state index in [4.69, 9.17) is 0 Å². The number of aryl methyl sites for hydroxylation is 1. The van der Waals surface area contributed by atoms with Crippen LogP contribution >= 0.6 is 23.1 Å². The van der Waals surface area contributed by atoms with E-state index >= 15 is 0 Å². The van der Waals surface area contributed by atoms with Crippen molar-refractivity contribution in [2.75, 3.05) is 5.75 Å². The van der Waals surface area contributed by atoms with Gasteiger partial charge in [0.05, 0.1) is 28.9 Å². The van der Waals surface area contributed by atoms with Gasteiger partial charge in [-0.05, 0) is 48.2 Å². The third kappa shape index (κ3) is 5.68. The lowest BCUT2D eigenvalue weighted by molar-refractivity contribution is -0.130. The maximum atomic E-state index is 13.5. The molecule has 0 fully saturated rings. The molecule has 2 aromatic heterocycles. The molecule has 1 N–H and O–H groups in total. The van der Waals surface area contributed by atoms with Crippen molar-refractivity contribution in [2.45, 2.75) is 31.1 Å². The minimum Gasteiger partial charge on any atom is -0.345 e. The van der Waals surface area contributed by atoms with E-state index in [9.17, 15) is 14.0 Å². The van der Waals surface area contributed by atoms with Crippen molar-refractivity contribution in [1.29, 1.82) is 0 Å². The molecule has 4 aromatic rings. The summed E-state index contributed by atoms with van der Waals surface area (Å²) >= 11 is 2.82. The topological polar surface area (TPSA) is 92.5 Å². The average Bonchev–Trinajstić information content (AvgIpc) is 3.67. The summed E-state index contributed by atoms with van der Waals surface area (Å²) in [6.45, 7) is 2.14. The Morgan fingerprint density at radius 2 is 1.95 bits per heavy atom. The molecule has 0 radical (unpaired) electrons. The quantitative estimate of drug-likeness (QED) is 0.322. The molecule has 3 heterocycles. The number of nitrogens with zero attached hydrogens (tertiary/aromatic N) is 5. The standard InChI is InChI=1S/C27H25FN6O2S2/c1-17-5-3-6-19(13-17)26(36)29-15-24-30-31-27(33(24)2)38-16-25(35)34-22(18-8-10-20(28)11-9-18)14-21(32-34)23-7-4-12-37-23/h3-13,22H,14-16H2,1-2H3,(H,29,36)/t22-/m1/s1. The number of aromatic nitrogens is 3. The summed E-state index contributed by atoms with van der Waals surface area (Å²) in [7, 11) is 1.80. The maximum absolute atomic E-state index is 13.5. The molecule has 0 unspecified atom stereocenters. The normalized spacial score (nSPS) is 15.0. The van der Waals surface area contributed by atoms with Crippen LogP contribution in [0.5, 0.6) is 0 Å². The van der Waals surface area contributed by atoms with Gasteiger partial charge in [-0.3, -0.25) is 9.59 Å². The van der Waals surface area contributed by atoms with Crippen molar-refractivity contribution < 1.29 is 14.0 Å². The molecule has 2 amide bonds. The second-order valence-corrected chi connectivity index (χ2v) is 10.7. The SMILES string of the molecule is Cc1cccc(C(=O)NCc2nnc(SCC(=O)N3N=C(c4cccs4)C[C@@H]3c3ccc(F)cc3)n2C)c1. The number of amides is 2. The monoisotopic (exact) mass is 548 g/mol. The summed E-state index contributed by atoms with van der Waals surface area (Å²) in [5.41, 5.74) is 3.24. The second-order valence-electron chi connectivity index (χ2n) is 8.83. The molecule has 1 aliphatic rings. The first-order valence-corrected chi connectivity index (χ1v) is 13.8. The predicted octanol–water partition coefficient (Wildman–Crippen LogP) is 4.72. The maximum Gasteiger partial charge on any atom is 0.253 e. The second kappa shape index (κ2) is 11.3. The Kier molecular flexibility index (Phi) is 7.66. The molecule has 38 heavy (non-hydrogen) atoms. The van der Waals surface area contributed by atoms with Crippen LogP contribution in [0.15, 0.2) is 76.3 Å². The van der Waals surface area contributed by atoms with Crippen molar-refractivity contribution in [1.82, 2.24) is 25.1 Å². The molecule has 1 aliphatic heterocycles. The molecule has 0 bridgehead atoms. The number of carbonyl (C=O) groups is 2. The summed E-state index contributed by atoms with van der Waals surface area (Å²) in [6.07, 6.45) is 0.553. The van der Waals surface area contributed by atoms with Crippen molar-refractivity contribution in [2.24, 2.45) is 12.1 Å². The van der Waals surface area contributed by atoms with Crippen LogP contribution in [0.4, 0.5) is 4.39 Å². The molecule has 8 nitrogen and oxygen atoms in total. The molecule has 1 atom stereocenters. The lowest BCUT2D eigenvalue weighted by atomic mass is 10.0. The third-order valence-corrected chi connectivity index (χ3v) is 8.09. The highest BCUT2D eigenvalue weighted by atomic mass is 32.2. The van der Waals surface area contributed by atoms with Gasteiger partial charge in [0.25, 0.3) is 11.8 Å². The molecule has 5 rings (SSSR count). The van der Waals surface area contributed by atoms with E-state index < -0.39 is 0 Å². The summed E-state index contributed by atoms with van der Waals surface area (Å²) in [4.78, 5) is 26.8. The fourth-order valence-corrected chi connectivity index (χ4v) is 5.64. The van der Waals surface area contributed by atoms with E-state index in [-0.39, 0.29) is 36.0 Å². The van der Waals surface area contributed by atoms with Crippen molar-refractivity contribution in [3.05, 3.63) is 99.3 Å². The van der Waals surface area contributed by atoms with E-state index in [1.54, 1.807) is 41.2 Å². The first-order chi connectivity index (χ1) is 18.4. The van der Waals surface area contributed by atoms with Gasteiger partial charge in [0, 0.05) is 19.0 Å².